The molecule has 0 aliphatic carbocycles. The maximum Gasteiger partial charge on any atom is 0.157 e. The Morgan fingerprint density at radius 3 is 1.76 bits per heavy atom. The number of hydrogen-bond donors (Lipinski definition) is 10. The van der Waals surface area contributed by atoms with Gasteiger partial charge in [-0.3, -0.25) is 0 Å². The molecule has 0 bridgehead atoms. The summed E-state index contributed by atoms with van der Waals surface area (Å²) in [5, 5.41) is 105. The van der Waals surface area contributed by atoms with Gasteiger partial charge in [0.25, 0.3) is 0 Å². The third-order valence-corrected chi connectivity index (χ3v) is 7.67. The van der Waals surface area contributed by atoms with Gasteiger partial charge in [0.15, 0.2) is 29.1 Å². The van der Waals surface area contributed by atoms with E-state index in [0.29, 0.717) is 0 Å². The van der Waals surface area contributed by atoms with Crippen LogP contribution in [-0.4, -0.2) is 63.3 Å². The number of phenols is 8. The molecular formula is C30H26O12. The Morgan fingerprint density at radius 2 is 1.14 bits per heavy atom. The fourth-order valence-electron chi connectivity index (χ4n) is 5.71. The summed E-state index contributed by atoms with van der Waals surface area (Å²) >= 11 is 0. The van der Waals surface area contributed by atoms with Gasteiger partial charge in [-0.15, -0.1) is 0 Å². The van der Waals surface area contributed by atoms with Gasteiger partial charge in [0.1, 0.15) is 46.7 Å². The molecule has 2 aliphatic heterocycles. The first-order valence-corrected chi connectivity index (χ1v) is 12.8. The highest BCUT2D eigenvalue weighted by Gasteiger charge is 2.46. The fraction of sp³-hybridized carbons (Fsp3) is 0.200. The second-order valence-corrected chi connectivity index (χ2v) is 10.3. The van der Waals surface area contributed by atoms with Crippen LogP contribution in [0.5, 0.6) is 57.5 Å². The zero-order valence-electron chi connectivity index (χ0n) is 21.6. The highest BCUT2D eigenvalue weighted by Crippen LogP contribution is 2.57. The average molecular weight is 579 g/mol. The molecule has 2 heterocycles. The van der Waals surface area contributed by atoms with E-state index in [1.165, 1.54) is 42.5 Å². The lowest BCUT2D eigenvalue weighted by Gasteiger charge is -2.40. The predicted octanol–water partition coefficient (Wildman–Crippen LogP) is 3.00. The molecule has 3 unspecified atom stereocenters. The smallest absolute Gasteiger partial charge is 0.157 e. The minimum Gasteiger partial charge on any atom is -0.508 e. The molecule has 0 fully saturated rings. The highest BCUT2D eigenvalue weighted by molar-refractivity contribution is 5.65. The van der Waals surface area contributed by atoms with Crippen molar-refractivity contribution in [1.29, 1.82) is 0 Å². The van der Waals surface area contributed by atoms with Crippen molar-refractivity contribution in [1.82, 2.24) is 0 Å². The van der Waals surface area contributed by atoms with Crippen molar-refractivity contribution in [3.63, 3.8) is 0 Å². The molecule has 4 aromatic rings. The van der Waals surface area contributed by atoms with E-state index in [1.807, 2.05) is 0 Å². The molecule has 5 atom stereocenters. The van der Waals surface area contributed by atoms with Gasteiger partial charge in [-0.25, -0.2) is 0 Å². The minimum absolute atomic E-state index is 0.0312. The van der Waals surface area contributed by atoms with E-state index in [4.69, 9.17) is 9.47 Å². The molecule has 0 saturated carbocycles. The van der Waals surface area contributed by atoms with Gasteiger partial charge < -0.3 is 60.5 Å². The summed E-state index contributed by atoms with van der Waals surface area (Å²) in [5.74, 6) is -5.08. The Balaban J connectivity index is 1.55. The quantitative estimate of drug-likeness (QED) is 0.159. The van der Waals surface area contributed by atoms with Crippen molar-refractivity contribution in [2.75, 3.05) is 0 Å². The van der Waals surface area contributed by atoms with Gasteiger partial charge in [0, 0.05) is 41.3 Å². The van der Waals surface area contributed by atoms with E-state index >= 15 is 0 Å². The van der Waals surface area contributed by atoms with Gasteiger partial charge in [0.05, 0.1) is 12.0 Å². The molecule has 6 rings (SSSR count). The van der Waals surface area contributed by atoms with Crippen LogP contribution >= 0.6 is 0 Å². The fourth-order valence-corrected chi connectivity index (χ4v) is 5.71. The third-order valence-electron chi connectivity index (χ3n) is 7.67. The number of aromatic hydroxyl groups is 8. The number of fused-ring (bicyclic) bond motifs is 2. The summed E-state index contributed by atoms with van der Waals surface area (Å²) in [6, 6.07) is 10.8. The number of hydrogen-bond acceptors (Lipinski definition) is 12. The maximum absolute atomic E-state index is 11.8. The summed E-state index contributed by atoms with van der Waals surface area (Å²) in [7, 11) is 0. The summed E-state index contributed by atoms with van der Waals surface area (Å²) in [5.41, 5.74) is 0.435. The topological polar surface area (TPSA) is 221 Å². The molecule has 2 aliphatic rings. The molecule has 10 N–H and O–H groups in total. The first-order valence-electron chi connectivity index (χ1n) is 12.8. The van der Waals surface area contributed by atoms with Crippen LogP contribution in [0.25, 0.3) is 0 Å². The Morgan fingerprint density at radius 1 is 0.548 bits per heavy atom. The third kappa shape index (κ3) is 4.24. The summed E-state index contributed by atoms with van der Waals surface area (Å²) < 4.78 is 12.1. The van der Waals surface area contributed by atoms with Crippen molar-refractivity contribution in [3.05, 3.63) is 82.4 Å². The average Bonchev–Trinajstić information content (AvgIpc) is 2.93. The lowest BCUT2D eigenvalue weighted by molar-refractivity contribution is 0.00115. The summed E-state index contributed by atoms with van der Waals surface area (Å²) in [6.07, 6.45) is -5.43. The molecule has 0 aromatic heterocycles. The van der Waals surface area contributed by atoms with Crippen molar-refractivity contribution in [2.45, 2.75) is 36.8 Å². The molecule has 42 heavy (non-hydrogen) atoms. The summed E-state index contributed by atoms with van der Waals surface area (Å²) in [4.78, 5) is 0. The number of benzene rings is 4. The van der Waals surface area contributed by atoms with Crippen LogP contribution in [0.1, 0.15) is 45.9 Å². The van der Waals surface area contributed by atoms with E-state index in [9.17, 15) is 51.1 Å². The van der Waals surface area contributed by atoms with Crippen LogP contribution in [0.3, 0.4) is 0 Å². The second-order valence-electron chi connectivity index (χ2n) is 10.3. The molecule has 0 spiro atoms. The number of aliphatic hydroxyl groups is 2. The van der Waals surface area contributed by atoms with Crippen molar-refractivity contribution in [3.8, 4) is 57.5 Å². The molecule has 12 heteroatoms. The van der Waals surface area contributed by atoms with E-state index in [2.05, 4.69) is 0 Å². The lowest BCUT2D eigenvalue weighted by atomic mass is 9.77. The SMILES string of the molecule is Oc1cc(O)c2c(c1)OC(c1ccc(O)c(O)c1)[C@@H](O)C2c1c(O)cc(O)c2c1OC(c1ccc(O)c(O)c1)[C@@H](O)C2. The van der Waals surface area contributed by atoms with E-state index < -0.39 is 70.6 Å². The summed E-state index contributed by atoms with van der Waals surface area (Å²) in [6.45, 7) is 0. The normalized spacial score (nSPS) is 22.9. The number of ether oxygens (including phenoxy) is 2. The van der Waals surface area contributed by atoms with Crippen LogP contribution in [-0.2, 0) is 6.42 Å². The zero-order chi connectivity index (χ0) is 30.0. The van der Waals surface area contributed by atoms with E-state index in [1.54, 1.807) is 0 Å². The standard InChI is InChI=1S/C30H26O12/c31-13-7-20(37)24-23(8-13)41-29(12-2-4-16(33)19(36)6-12)27(40)26(24)25-21(38)10-17(34)14-9-22(39)28(42-30(14)25)11-1-3-15(32)18(35)5-11/h1-8,10,22,26-29,31-40H,9H2/t22-,26?,27-,28?,29?/m0/s1. The van der Waals surface area contributed by atoms with Crippen LogP contribution in [0.15, 0.2) is 54.6 Å². The second kappa shape index (κ2) is 9.72. The molecule has 0 amide bonds. The first kappa shape index (κ1) is 27.0. The molecule has 218 valence electrons. The predicted molar refractivity (Wildman–Crippen MR) is 143 cm³/mol. The van der Waals surface area contributed by atoms with Gasteiger partial charge >= 0.3 is 0 Å². The van der Waals surface area contributed by atoms with Gasteiger partial charge in [-0.2, -0.15) is 0 Å². The van der Waals surface area contributed by atoms with E-state index in [0.717, 1.165) is 12.1 Å². The molecule has 0 saturated heterocycles. The van der Waals surface area contributed by atoms with Gasteiger partial charge in [-0.05, 0) is 35.4 Å². The van der Waals surface area contributed by atoms with Crippen LogP contribution in [0, 0.1) is 0 Å². The largest absolute Gasteiger partial charge is 0.508 e. The zero-order valence-corrected chi connectivity index (χ0v) is 21.6. The van der Waals surface area contributed by atoms with E-state index in [-0.39, 0.29) is 51.5 Å². The van der Waals surface area contributed by atoms with Crippen molar-refractivity contribution >= 4 is 0 Å². The Hall–Kier alpha value is -5.20. The Kier molecular flexibility index (Phi) is 6.24. The van der Waals surface area contributed by atoms with Gasteiger partial charge in [0.2, 0.25) is 0 Å². The van der Waals surface area contributed by atoms with Crippen LogP contribution < -0.4 is 9.47 Å². The monoisotopic (exact) mass is 578 g/mol. The van der Waals surface area contributed by atoms with Crippen molar-refractivity contribution in [2.24, 2.45) is 0 Å². The maximum atomic E-state index is 11.8. The number of aliphatic hydroxyl groups excluding tert-OH is 2. The van der Waals surface area contributed by atoms with Crippen LogP contribution in [0.2, 0.25) is 0 Å². The molecular weight excluding hydrogens is 552 g/mol. The molecule has 0 radical (unpaired) electrons. The lowest BCUT2D eigenvalue weighted by Crippen LogP contribution is -2.36. The highest BCUT2D eigenvalue weighted by atomic mass is 16.5. The van der Waals surface area contributed by atoms with Crippen molar-refractivity contribution < 1.29 is 60.5 Å². The van der Waals surface area contributed by atoms with Gasteiger partial charge in [-0.1, -0.05) is 12.1 Å². The number of phenolic OH excluding ortho intramolecular Hbond substituents is 8. The Bertz CT molecular complexity index is 1720. The minimum atomic E-state index is -1.59. The van der Waals surface area contributed by atoms with Crippen LogP contribution in [0.4, 0.5) is 0 Å². The molecule has 12 nitrogen and oxygen atoms in total. The molecule has 4 aromatic carbocycles. The Labute approximate surface area is 237 Å². The first-order chi connectivity index (χ1) is 19.9. The number of rotatable bonds is 3.